The molecule has 0 amide bonds. The molecule has 0 radical (unpaired) electrons. The van der Waals surface area contributed by atoms with Crippen molar-refractivity contribution in [2.24, 2.45) is 0 Å². The van der Waals surface area contributed by atoms with Crippen molar-refractivity contribution in [3.63, 3.8) is 0 Å². The normalized spacial score (nSPS) is 10.4. The Morgan fingerprint density at radius 2 is 1.67 bits per heavy atom. The lowest BCUT2D eigenvalue weighted by Crippen LogP contribution is -2.03. The van der Waals surface area contributed by atoms with Crippen molar-refractivity contribution in [3.8, 4) is 11.5 Å². The summed E-state index contributed by atoms with van der Waals surface area (Å²) in [5.41, 5.74) is 0.931. The summed E-state index contributed by atoms with van der Waals surface area (Å²) in [4.78, 5) is 11.5. The molecule has 0 saturated heterocycles. The number of ether oxygens (including phenoxy) is 1. The zero-order valence-corrected chi connectivity index (χ0v) is 9.61. The predicted molar refractivity (Wildman–Crippen MR) is 69.2 cm³/mol. The molecular weight excluding hydrogens is 228 g/mol. The van der Waals surface area contributed by atoms with Gasteiger partial charge in [0.25, 0.3) is 0 Å². The summed E-state index contributed by atoms with van der Waals surface area (Å²) in [7, 11) is 0. The van der Waals surface area contributed by atoms with E-state index in [4.69, 9.17) is 9.84 Å². The summed E-state index contributed by atoms with van der Waals surface area (Å²) in [6, 6.07) is 15.5. The van der Waals surface area contributed by atoms with Gasteiger partial charge in [-0.2, -0.15) is 0 Å². The van der Waals surface area contributed by atoms with Gasteiger partial charge in [0.2, 0.25) is 0 Å². The van der Waals surface area contributed by atoms with Crippen LogP contribution in [0.1, 0.15) is 5.56 Å². The lowest BCUT2D eigenvalue weighted by molar-refractivity contribution is -0.128. The van der Waals surface area contributed by atoms with E-state index in [1.54, 1.807) is 6.08 Å². The first kappa shape index (κ1) is 11.9. The predicted octanol–water partition coefficient (Wildman–Crippen LogP) is 3.01. The number of carbonyl (C=O) groups excluding carboxylic acids is 1. The fourth-order valence-electron chi connectivity index (χ4n) is 1.39. The van der Waals surface area contributed by atoms with Crippen LogP contribution in [0.3, 0.4) is 0 Å². The summed E-state index contributed by atoms with van der Waals surface area (Å²) < 4.78 is 5.05. The third-order valence-corrected chi connectivity index (χ3v) is 2.27. The Bertz CT molecular complexity index is 542. The fourth-order valence-corrected chi connectivity index (χ4v) is 1.39. The third-order valence-electron chi connectivity index (χ3n) is 2.27. The van der Waals surface area contributed by atoms with Crippen molar-refractivity contribution in [2.75, 3.05) is 0 Å². The molecule has 0 aliphatic rings. The molecular formula is C15H12O3. The molecule has 0 atom stereocenters. The van der Waals surface area contributed by atoms with Crippen LogP contribution >= 0.6 is 0 Å². The molecule has 3 heteroatoms. The van der Waals surface area contributed by atoms with Crippen LogP contribution in [0.5, 0.6) is 11.5 Å². The number of hydrogen-bond acceptors (Lipinski definition) is 3. The van der Waals surface area contributed by atoms with Crippen LogP contribution in [0.4, 0.5) is 0 Å². The summed E-state index contributed by atoms with van der Waals surface area (Å²) in [5.74, 6) is 0.0784. The largest absolute Gasteiger partial charge is 0.508 e. The maximum Gasteiger partial charge on any atom is 0.336 e. The number of phenolic OH excluding ortho intramolecular Hbond substituents is 1. The highest BCUT2D eigenvalue weighted by Crippen LogP contribution is 2.16. The van der Waals surface area contributed by atoms with Crippen molar-refractivity contribution in [1.82, 2.24) is 0 Å². The van der Waals surface area contributed by atoms with E-state index in [1.807, 2.05) is 30.3 Å². The van der Waals surface area contributed by atoms with Crippen molar-refractivity contribution < 1.29 is 14.6 Å². The Kier molecular flexibility index (Phi) is 3.76. The molecule has 2 rings (SSSR count). The molecule has 0 bridgehead atoms. The van der Waals surface area contributed by atoms with E-state index in [2.05, 4.69) is 0 Å². The molecule has 0 spiro atoms. The molecule has 2 aromatic carbocycles. The first-order chi connectivity index (χ1) is 8.74. The molecule has 0 aliphatic carbocycles. The smallest absolute Gasteiger partial charge is 0.336 e. The number of rotatable bonds is 3. The van der Waals surface area contributed by atoms with E-state index in [9.17, 15) is 4.79 Å². The number of hydrogen-bond donors (Lipinski definition) is 1. The van der Waals surface area contributed by atoms with Crippen LogP contribution in [0.15, 0.2) is 60.7 Å². The summed E-state index contributed by atoms with van der Waals surface area (Å²) in [6.45, 7) is 0. The number of aromatic hydroxyl groups is 1. The van der Waals surface area contributed by atoms with Crippen LogP contribution in [0.2, 0.25) is 0 Å². The van der Waals surface area contributed by atoms with Crippen molar-refractivity contribution in [1.29, 1.82) is 0 Å². The Balaban J connectivity index is 1.97. The monoisotopic (exact) mass is 240 g/mol. The molecule has 0 unspecified atom stereocenters. The van der Waals surface area contributed by atoms with Crippen molar-refractivity contribution >= 4 is 12.0 Å². The lowest BCUT2D eigenvalue weighted by Gasteiger charge is -2.00. The maximum atomic E-state index is 11.5. The number of esters is 1. The van der Waals surface area contributed by atoms with Gasteiger partial charge < -0.3 is 9.84 Å². The van der Waals surface area contributed by atoms with Gasteiger partial charge in [-0.05, 0) is 35.9 Å². The molecule has 0 heterocycles. The number of benzene rings is 2. The molecule has 0 saturated carbocycles. The molecule has 90 valence electrons. The lowest BCUT2D eigenvalue weighted by atomic mass is 10.2. The van der Waals surface area contributed by atoms with Gasteiger partial charge in [0.15, 0.2) is 0 Å². The second-order valence-corrected chi connectivity index (χ2v) is 3.66. The first-order valence-electron chi connectivity index (χ1n) is 5.48. The van der Waals surface area contributed by atoms with Gasteiger partial charge in [0.1, 0.15) is 11.5 Å². The van der Waals surface area contributed by atoms with Gasteiger partial charge in [0, 0.05) is 6.08 Å². The fraction of sp³-hybridized carbons (Fsp3) is 0. The maximum absolute atomic E-state index is 11.5. The second kappa shape index (κ2) is 5.68. The Morgan fingerprint density at radius 3 is 2.33 bits per heavy atom. The molecule has 0 aromatic heterocycles. The van der Waals surface area contributed by atoms with Gasteiger partial charge in [-0.1, -0.05) is 30.3 Å². The van der Waals surface area contributed by atoms with Crippen LogP contribution in [0.25, 0.3) is 6.08 Å². The Morgan fingerprint density at radius 1 is 1.00 bits per heavy atom. The SMILES string of the molecule is O=C(/C=C/c1ccccc1)Oc1ccc(O)cc1. The zero-order chi connectivity index (χ0) is 12.8. The van der Waals surface area contributed by atoms with Gasteiger partial charge >= 0.3 is 5.97 Å². The van der Waals surface area contributed by atoms with E-state index in [-0.39, 0.29) is 5.75 Å². The van der Waals surface area contributed by atoms with E-state index < -0.39 is 5.97 Å². The standard InChI is InChI=1S/C15H12O3/c16-13-7-9-14(10-8-13)18-15(17)11-6-12-4-2-1-3-5-12/h1-11,16H/b11-6+. The summed E-state index contributed by atoms with van der Waals surface area (Å²) in [5, 5.41) is 9.09. The van der Waals surface area contributed by atoms with Crippen LogP contribution in [-0.4, -0.2) is 11.1 Å². The topological polar surface area (TPSA) is 46.5 Å². The quantitative estimate of drug-likeness (QED) is 0.509. The number of carbonyl (C=O) groups is 1. The van der Waals surface area contributed by atoms with E-state index in [1.165, 1.54) is 30.3 Å². The highest BCUT2D eigenvalue weighted by Gasteiger charge is 2.00. The van der Waals surface area contributed by atoms with Crippen LogP contribution in [0, 0.1) is 0 Å². The van der Waals surface area contributed by atoms with Gasteiger partial charge in [-0.25, -0.2) is 4.79 Å². The summed E-state index contributed by atoms with van der Waals surface area (Å²) in [6.07, 6.45) is 3.05. The van der Waals surface area contributed by atoms with Crippen molar-refractivity contribution in [2.45, 2.75) is 0 Å². The van der Waals surface area contributed by atoms with Gasteiger partial charge in [-0.3, -0.25) is 0 Å². The minimum Gasteiger partial charge on any atom is -0.508 e. The highest BCUT2D eigenvalue weighted by molar-refractivity contribution is 5.88. The number of phenols is 1. The molecule has 3 nitrogen and oxygen atoms in total. The summed E-state index contributed by atoms with van der Waals surface area (Å²) >= 11 is 0. The molecule has 0 aliphatic heterocycles. The van der Waals surface area contributed by atoms with E-state index in [0.717, 1.165) is 5.56 Å². The molecule has 18 heavy (non-hydrogen) atoms. The van der Waals surface area contributed by atoms with Gasteiger partial charge in [-0.15, -0.1) is 0 Å². The van der Waals surface area contributed by atoms with Crippen molar-refractivity contribution in [3.05, 3.63) is 66.2 Å². The van der Waals surface area contributed by atoms with Crippen LogP contribution < -0.4 is 4.74 Å². The minimum atomic E-state index is -0.454. The minimum absolute atomic E-state index is 0.134. The average molecular weight is 240 g/mol. The second-order valence-electron chi connectivity index (χ2n) is 3.66. The highest BCUT2D eigenvalue weighted by atomic mass is 16.5. The Hall–Kier alpha value is -2.55. The van der Waals surface area contributed by atoms with Crippen LogP contribution in [-0.2, 0) is 4.79 Å². The van der Waals surface area contributed by atoms with Gasteiger partial charge in [0.05, 0.1) is 0 Å². The van der Waals surface area contributed by atoms with E-state index in [0.29, 0.717) is 5.75 Å². The Labute approximate surface area is 105 Å². The third kappa shape index (κ3) is 3.49. The molecule has 2 aromatic rings. The zero-order valence-electron chi connectivity index (χ0n) is 9.61. The molecule has 0 fully saturated rings. The molecule has 1 N–H and O–H groups in total. The average Bonchev–Trinajstić information content (AvgIpc) is 2.40. The first-order valence-corrected chi connectivity index (χ1v) is 5.48. The van der Waals surface area contributed by atoms with E-state index >= 15 is 0 Å².